The third kappa shape index (κ3) is 3.61. The Morgan fingerprint density at radius 3 is 2.78 bits per heavy atom. The molecule has 32 heavy (non-hydrogen) atoms. The van der Waals surface area contributed by atoms with Crippen LogP contribution in [0.1, 0.15) is 48.3 Å². The molecule has 0 bridgehead atoms. The lowest BCUT2D eigenvalue weighted by molar-refractivity contribution is -0.0365. The normalized spacial score (nSPS) is 16.2. The number of benzene rings is 3. The molecule has 1 fully saturated rings. The van der Waals surface area contributed by atoms with Crippen molar-refractivity contribution in [1.29, 1.82) is 5.26 Å². The summed E-state index contributed by atoms with van der Waals surface area (Å²) < 4.78 is 7.97. The van der Waals surface area contributed by atoms with Gasteiger partial charge in [-0.2, -0.15) is 10.4 Å². The van der Waals surface area contributed by atoms with Crippen molar-refractivity contribution in [3.8, 4) is 17.3 Å². The highest BCUT2D eigenvalue weighted by atomic mass is 16.5. The van der Waals surface area contributed by atoms with Gasteiger partial charge in [-0.3, -0.25) is 4.79 Å². The average molecular weight is 425 g/mol. The average Bonchev–Trinajstić information content (AvgIpc) is 3.23. The monoisotopic (exact) mass is 424 g/mol. The molecule has 1 aliphatic rings. The molecule has 1 aromatic heterocycles. The van der Waals surface area contributed by atoms with Crippen LogP contribution in [0, 0.1) is 11.3 Å². The summed E-state index contributed by atoms with van der Waals surface area (Å²) in [6.07, 6.45) is 3.02. The van der Waals surface area contributed by atoms with Crippen molar-refractivity contribution in [1.82, 2.24) is 15.1 Å². The lowest BCUT2D eigenvalue weighted by Gasteiger charge is -2.23. The number of rotatable bonds is 4. The topological polar surface area (TPSA) is 79.9 Å². The first kappa shape index (κ1) is 20.2. The summed E-state index contributed by atoms with van der Waals surface area (Å²) in [7, 11) is 0. The Kier molecular flexibility index (Phi) is 5.34. The van der Waals surface area contributed by atoms with Crippen LogP contribution in [0.15, 0.2) is 54.6 Å². The number of nitrogens with one attached hydrogen (secondary N) is 1. The van der Waals surface area contributed by atoms with Crippen molar-refractivity contribution in [2.24, 2.45) is 0 Å². The third-order valence-corrected chi connectivity index (χ3v) is 5.98. The van der Waals surface area contributed by atoms with Crippen molar-refractivity contribution in [3.63, 3.8) is 0 Å². The SMILES string of the molecule is CCNC(=O)c1ccc2cc(-c3nn(C4CCCCO4)c4ccc(C#N)cc34)ccc2c1. The molecule has 2 heterocycles. The van der Waals surface area contributed by atoms with Crippen molar-refractivity contribution in [3.05, 3.63) is 65.7 Å². The Labute approximate surface area is 186 Å². The van der Waals surface area contributed by atoms with Gasteiger partial charge in [-0.25, -0.2) is 4.68 Å². The van der Waals surface area contributed by atoms with Crippen molar-refractivity contribution >= 4 is 27.6 Å². The summed E-state index contributed by atoms with van der Waals surface area (Å²) in [5, 5.41) is 20.2. The highest BCUT2D eigenvalue weighted by Crippen LogP contribution is 2.34. The van der Waals surface area contributed by atoms with Crippen molar-refractivity contribution in [2.45, 2.75) is 32.4 Å². The Morgan fingerprint density at radius 2 is 2.00 bits per heavy atom. The number of carbonyl (C=O) groups is 1. The number of amides is 1. The first-order valence-electron chi connectivity index (χ1n) is 11.0. The predicted octanol–water partition coefficient (Wildman–Crippen LogP) is 5.18. The van der Waals surface area contributed by atoms with Crippen LogP contribution < -0.4 is 5.32 Å². The molecule has 0 saturated carbocycles. The van der Waals surface area contributed by atoms with Gasteiger partial charge >= 0.3 is 0 Å². The van der Waals surface area contributed by atoms with Crippen LogP contribution in [-0.2, 0) is 4.74 Å². The minimum Gasteiger partial charge on any atom is -0.356 e. The van der Waals surface area contributed by atoms with Gasteiger partial charge in [-0.1, -0.05) is 18.2 Å². The third-order valence-electron chi connectivity index (χ3n) is 5.98. The number of aromatic nitrogens is 2. The van der Waals surface area contributed by atoms with Gasteiger partial charge in [-0.15, -0.1) is 0 Å². The molecule has 1 amide bonds. The Hall–Kier alpha value is -3.69. The van der Waals surface area contributed by atoms with Gasteiger partial charge in [0.25, 0.3) is 5.91 Å². The zero-order chi connectivity index (χ0) is 22.1. The molecule has 1 unspecified atom stereocenters. The first-order chi connectivity index (χ1) is 15.7. The predicted molar refractivity (Wildman–Crippen MR) is 124 cm³/mol. The van der Waals surface area contributed by atoms with Crippen LogP contribution in [0.25, 0.3) is 32.9 Å². The van der Waals surface area contributed by atoms with Crippen LogP contribution in [0.4, 0.5) is 0 Å². The smallest absolute Gasteiger partial charge is 0.251 e. The Morgan fingerprint density at radius 1 is 1.16 bits per heavy atom. The van der Waals surface area contributed by atoms with E-state index in [9.17, 15) is 10.1 Å². The van der Waals surface area contributed by atoms with E-state index in [4.69, 9.17) is 9.84 Å². The molecule has 6 nitrogen and oxygen atoms in total. The molecule has 5 rings (SSSR count). The molecule has 1 atom stereocenters. The summed E-state index contributed by atoms with van der Waals surface area (Å²) in [6.45, 7) is 3.24. The zero-order valence-corrected chi connectivity index (χ0v) is 18.0. The van der Waals surface area contributed by atoms with Gasteiger partial charge in [0.15, 0.2) is 6.23 Å². The number of hydrogen-bond donors (Lipinski definition) is 1. The van der Waals surface area contributed by atoms with Gasteiger partial charge < -0.3 is 10.1 Å². The van der Waals surface area contributed by atoms with Crippen molar-refractivity contribution in [2.75, 3.05) is 13.2 Å². The zero-order valence-electron chi connectivity index (χ0n) is 18.0. The van der Waals surface area contributed by atoms with Gasteiger partial charge in [0, 0.05) is 29.7 Å². The molecular weight excluding hydrogens is 400 g/mol. The summed E-state index contributed by atoms with van der Waals surface area (Å²) in [5.41, 5.74) is 4.03. The van der Waals surface area contributed by atoms with Gasteiger partial charge in [0.2, 0.25) is 0 Å². The fourth-order valence-electron chi connectivity index (χ4n) is 4.36. The van der Waals surface area contributed by atoms with E-state index in [1.54, 1.807) is 0 Å². The number of carbonyl (C=O) groups excluding carboxylic acids is 1. The molecule has 1 N–H and O–H groups in total. The van der Waals surface area contributed by atoms with E-state index in [1.165, 1.54) is 0 Å². The molecule has 3 aromatic carbocycles. The standard InChI is InChI=1S/C26H24N4O2/c1-2-28-26(31)21-10-8-18-14-20(9-7-19(18)15-21)25-22-13-17(16-27)6-11-23(22)30(29-25)24-5-3-4-12-32-24/h6-11,13-15,24H,2-5,12H2,1H3,(H,28,31). The van der Waals surface area contributed by atoms with Crippen LogP contribution in [0.2, 0.25) is 0 Å². The molecule has 4 aromatic rings. The summed E-state index contributed by atoms with van der Waals surface area (Å²) in [4.78, 5) is 12.2. The highest BCUT2D eigenvalue weighted by molar-refractivity contribution is 6.01. The van der Waals surface area contributed by atoms with E-state index in [2.05, 4.69) is 17.5 Å². The van der Waals surface area contributed by atoms with Gasteiger partial charge in [0.1, 0.15) is 5.69 Å². The van der Waals surface area contributed by atoms with Crippen LogP contribution in [0.5, 0.6) is 0 Å². The number of nitrogens with zero attached hydrogens (tertiary/aromatic N) is 3. The molecule has 0 spiro atoms. The van der Waals surface area contributed by atoms with E-state index < -0.39 is 0 Å². The minimum atomic E-state index is -0.0898. The largest absolute Gasteiger partial charge is 0.356 e. The summed E-state index contributed by atoms with van der Waals surface area (Å²) in [5.74, 6) is -0.0697. The van der Waals surface area contributed by atoms with E-state index in [1.807, 2.05) is 60.1 Å². The van der Waals surface area contributed by atoms with E-state index in [0.717, 1.165) is 58.8 Å². The lowest BCUT2D eigenvalue weighted by atomic mass is 10.0. The summed E-state index contributed by atoms with van der Waals surface area (Å²) >= 11 is 0. The van der Waals surface area contributed by atoms with Crippen molar-refractivity contribution < 1.29 is 9.53 Å². The molecule has 1 aliphatic heterocycles. The van der Waals surface area contributed by atoms with Crippen LogP contribution in [0.3, 0.4) is 0 Å². The number of ether oxygens (including phenoxy) is 1. The fraction of sp³-hybridized carbons (Fsp3) is 0.269. The molecular formula is C26H24N4O2. The van der Waals surface area contributed by atoms with Gasteiger partial charge in [0.05, 0.1) is 17.1 Å². The Balaban J connectivity index is 1.62. The second-order valence-corrected chi connectivity index (χ2v) is 8.09. The Bertz CT molecular complexity index is 1360. The summed E-state index contributed by atoms with van der Waals surface area (Å²) in [6, 6.07) is 19.8. The second-order valence-electron chi connectivity index (χ2n) is 8.09. The quantitative estimate of drug-likeness (QED) is 0.490. The molecule has 160 valence electrons. The minimum absolute atomic E-state index is 0.0697. The maximum Gasteiger partial charge on any atom is 0.251 e. The second kappa shape index (κ2) is 8.45. The number of hydrogen-bond acceptors (Lipinski definition) is 4. The fourth-order valence-corrected chi connectivity index (χ4v) is 4.36. The molecule has 0 aliphatic carbocycles. The number of fused-ring (bicyclic) bond motifs is 2. The maximum absolute atomic E-state index is 12.2. The van der Waals surface area contributed by atoms with Crippen LogP contribution in [-0.4, -0.2) is 28.8 Å². The van der Waals surface area contributed by atoms with E-state index in [-0.39, 0.29) is 12.1 Å². The molecule has 1 saturated heterocycles. The van der Waals surface area contributed by atoms with E-state index in [0.29, 0.717) is 17.7 Å². The maximum atomic E-state index is 12.2. The van der Waals surface area contributed by atoms with Gasteiger partial charge in [-0.05, 0) is 73.4 Å². The lowest BCUT2D eigenvalue weighted by Crippen LogP contribution is -2.22. The highest BCUT2D eigenvalue weighted by Gasteiger charge is 2.22. The van der Waals surface area contributed by atoms with Crippen LogP contribution >= 0.6 is 0 Å². The number of nitriles is 1. The molecule has 0 radical (unpaired) electrons. The molecule has 6 heteroatoms. The van der Waals surface area contributed by atoms with E-state index >= 15 is 0 Å². The first-order valence-corrected chi connectivity index (χ1v) is 11.0.